The van der Waals surface area contributed by atoms with Gasteiger partial charge in [0.25, 0.3) is 5.91 Å². The predicted molar refractivity (Wildman–Crippen MR) is 110 cm³/mol. The van der Waals surface area contributed by atoms with Gasteiger partial charge in [-0.2, -0.15) is 5.10 Å². The van der Waals surface area contributed by atoms with Crippen LogP contribution in [0.3, 0.4) is 0 Å². The fraction of sp³-hybridized carbons (Fsp3) is 0.0667. The highest BCUT2D eigenvalue weighted by Crippen LogP contribution is 2.26. The molecule has 2 rings (SSSR count). The third kappa shape index (κ3) is 4.74. The fourth-order valence-corrected chi connectivity index (χ4v) is 2.95. The molecule has 124 valence electrons. The molecule has 9 heteroatoms. The zero-order chi connectivity index (χ0) is 17.7. The monoisotopic (exact) mass is 519 g/mol. The minimum Gasteiger partial charge on any atom is -0.321 e. The normalized spacial score (nSPS) is 10.7. The number of hydrazone groups is 1. The van der Waals surface area contributed by atoms with Crippen LogP contribution < -0.4 is 10.7 Å². The van der Waals surface area contributed by atoms with Gasteiger partial charge in [-0.25, -0.2) is 4.98 Å². The zero-order valence-electron chi connectivity index (χ0n) is 12.4. The number of amides is 1. The molecule has 1 heterocycles. The van der Waals surface area contributed by atoms with Crippen LogP contribution in [0, 0.1) is 15.9 Å². The Morgan fingerprint density at radius 1 is 1.46 bits per heavy atom. The Bertz CT molecular complexity index is 828. The molecule has 1 aromatic heterocycles. The molecule has 0 aliphatic carbocycles. The third-order valence-electron chi connectivity index (χ3n) is 2.93. The Kier molecular flexibility index (Phi) is 6.69. The van der Waals surface area contributed by atoms with Crippen LogP contribution in [0.15, 0.2) is 34.0 Å². The molecule has 0 bridgehead atoms. The van der Waals surface area contributed by atoms with Gasteiger partial charge in [0.2, 0.25) is 0 Å². The van der Waals surface area contributed by atoms with Crippen molar-refractivity contribution in [2.24, 2.45) is 5.10 Å². The van der Waals surface area contributed by atoms with Crippen molar-refractivity contribution >= 4 is 80.0 Å². The van der Waals surface area contributed by atoms with Crippen LogP contribution >= 0.6 is 50.1 Å². The molecule has 2 aromatic rings. The summed E-state index contributed by atoms with van der Waals surface area (Å²) in [5.74, 6) is 0.0976. The summed E-state index contributed by atoms with van der Waals surface area (Å²) >= 11 is 11.7. The summed E-state index contributed by atoms with van der Waals surface area (Å²) < 4.78 is 1.89. The lowest BCUT2D eigenvalue weighted by atomic mass is 10.1. The van der Waals surface area contributed by atoms with E-state index in [-0.39, 0.29) is 5.91 Å². The van der Waals surface area contributed by atoms with E-state index < -0.39 is 0 Å². The molecule has 0 saturated carbocycles. The fourth-order valence-electron chi connectivity index (χ4n) is 1.81. The first-order valence-electron chi connectivity index (χ1n) is 6.63. The lowest BCUT2D eigenvalue weighted by Crippen LogP contribution is -2.14. The average Bonchev–Trinajstić information content (AvgIpc) is 2.53. The Hall–Kier alpha value is -1.52. The summed E-state index contributed by atoms with van der Waals surface area (Å²) in [6.45, 7) is 1.87. The van der Waals surface area contributed by atoms with E-state index in [1.54, 1.807) is 6.07 Å². The number of aromatic nitrogens is 1. The van der Waals surface area contributed by atoms with Gasteiger partial charge in [0.05, 0.1) is 23.1 Å². The molecule has 6 nitrogen and oxygen atoms in total. The molecule has 3 N–H and O–H groups in total. The van der Waals surface area contributed by atoms with E-state index in [1.807, 2.05) is 19.1 Å². The molecule has 0 unspecified atom stereocenters. The number of nitrogens with one attached hydrogen (secondary N) is 3. The number of carbonyl (C=O) groups is 1. The maximum atomic E-state index is 12.4. The van der Waals surface area contributed by atoms with Gasteiger partial charge in [0.1, 0.15) is 0 Å². The minimum absolute atomic E-state index is 0.238. The summed E-state index contributed by atoms with van der Waals surface area (Å²) in [7, 11) is 0. The number of rotatable bonds is 5. The lowest BCUT2D eigenvalue weighted by molar-refractivity contribution is 0.102. The van der Waals surface area contributed by atoms with E-state index >= 15 is 0 Å². The van der Waals surface area contributed by atoms with Crippen molar-refractivity contribution in [3.05, 3.63) is 48.6 Å². The first-order chi connectivity index (χ1) is 11.4. The van der Waals surface area contributed by atoms with E-state index in [2.05, 4.69) is 59.3 Å². The van der Waals surface area contributed by atoms with Crippen molar-refractivity contribution in [2.75, 3.05) is 10.7 Å². The number of aryl methyl sites for hydroxylation is 1. The Labute approximate surface area is 165 Å². The zero-order valence-corrected chi connectivity index (χ0v) is 16.9. The lowest BCUT2D eigenvalue weighted by Gasteiger charge is -2.10. The number of nitrogens with zero attached hydrogens (tertiary/aromatic N) is 2. The number of pyridine rings is 1. The molecule has 0 fully saturated rings. The van der Waals surface area contributed by atoms with Gasteiger partial charge in [-0.05, 0) is 69.2 Å². The van der Waals surface area contributed by atoms with E-state index in [0.717, 1.165) is 19.8 Å². The van der Waals surface area contributed by atoms with Gasteiger partial charge in [-0.15, -0.1) is 0 Å². The predicted octanol–water partition coefficient (Wildman–Crippen LogP) is 4.71. The highest BCUT2D eigenvalue weighted by Gasteiger charge is 2.13. The van der Waals surface area contributed by atoms with E-state index in [9.17, 15) is 4.79 Å². The standard InChI is InChI=1S/C15H12BrClIN5O/c1-8-4-11(16)13(18)6-10(8)15(24)22-9-5-12(17)14(20-7-9)23-21-3-2-19/h2-7,19H,1H3,(H,20,23)(H,22,24)/b19-2?,21-3-. The highest BCUT2D eigenvalue weighted by molar-refractivity contribution is 14.1. The van der Waals surface area contributed by atoms with Crippen LogP contribution in [0.25, 0.3) is 0 Å². The smallest absolute Gasteiger partial charge is 0.256 e. The summed E-state index contributed by atoms with van der Waals surface area (Å²) in [5, 5.41) is 13.6. The first kappa shape index (κ1) is 18.8. The van der Waals surface area contributed by atoms with E-state index in [4.69, 9.17) is 17.0 Å². The molecule has 0 aliphatic heterocycles. The molecule has 1 aromatic carbocycles. The van der Waals surface area contributed by atoms with Crippen molar-refractivity contribution in [1.82, 2.24) is 4.98 Å². The third-order valence-corrected chi connectivity index (χ3v) is 5.51. The topological polar surface area (TPSA) is 90.2 Å². The summed E-state index contributed by atoms with van der Waals surface area (Å²) in [6, 6.07) is 5.29. The maximum absolute atomic E-state index is 12.4. The number of hydrogen-bond acceptors (Lipinski definition) is 5. The van der Waals surface area contributed by atoms with Gasteiger partial charge in [-0.3, -0.25) is 10.2 Å². The molecule has 0 spiro atoms. The summed E-state index contributed by atoms with van der Waals surface area (Å²) in [4.78, 5) is 16.5. The SMILES string of the molecule is Cc1cc(Br)c(I)cc1C(=O)Nc1cnc(N/N=C\C=N)c(Cl)c1. The molecule has 0 aliphatic rings. The number of anilines is 2. The molecule has 24 heavy (non-hydrogen) atoms. The van der Waals surface area contributed by atoms with Gasteiger partial charge < -0.3 is 10.7 Å². The van der Waals surface area contributed by atoms with Crippen LogP contribution in [-0.4, -0.2) is 23.3 Å². The largest absolute Gasteiger partial charge is 0.321 e. The molecule has 0 radical (unpaired) electrons. The molecule has 0 atom stereocenters. The van der Waals surface area contributed by atoms with Crippen molar-refractivity contribution in [3.63, 3.8) is 0 Å². The number of halogens is 3. The summed E-state index contributed by atoms with van der Waals surface area (Å²) in [5.41, 5.74) is 4.52. The van der Waals surface area contributed by atoms with Crippen LogP contribution in [0.2, 0.25) is 5.02 Å². The highest BCUT2D eigenvalue weighted by atomic mass is 127. The maximum Gasteiger partial charge on any atom is 0.256 e. The number of benzene rings is 1. The second-order valence-corrected chi connectivity index (χ2v) is 7.07. The molecule has 0 saturated heterocycles. The van der Waals surface area contributed by atoms with Crippen molar-refractivity contribution < 1.29 is 4.79 Å². The molecular weight excluding hydrogens is 508 g/mol. The molecular formula is C15H12BrClIN5O. The van der Waals surface area contributed by atoms with Gasteiger partial charge in [0, 0.05) is 19.8 Å². The van der Waals surface area contributed by atoms with Gasteiger partial charge in [-0.1, -0.05) is 11.6 Å². The number of hydrogen-bond donors (Lipinski definition) is 3. The van der Waals surface area contributed by atoms with E-state index in [1.165, 1.54) is 12.4 Å². The Balaban J connectivity index is 2.18. The second kappa shape index (κ2) is 8.54. The van der Waals surface area contributed by atoms with Crippen LogP contribution in [0.4, 0.5) is 11.5 Å². The van der Waals surface area contributed by atoms with Crippen LogP contribution in [-0.2, 0) is 0 Å². The Morgan fingerprint density at radius 3 is 2.88 bits per heavy atom. The van der Waals surface area contributed by atoms with Crippen molar-refractivity contribution in [1.29, 1.82) is 5.41 Å². The quantitative estimate of drug-likeness (QED) is 0.303. The van der Waals surface area contributed by atoms with Gasteiger partial charge >= 0.3 is 0 Å². The van der Waals surface area contributed by atoms with Crippen LogP contribution in [0.5, 0.6) is 0 Å². The average molecular weight is 521 g/mol. The van der Waals surface area contributed by atoms with Crippen molar-refractivity contribution in [3.8, 4) is 0 Å². The molecule has 1 amide bonds. The van der Waals surface area contributed by atoms with Crippen LogP contribution in [0.1, 0.15) is 15.9 Å². The van der Waals surface area contributed by atoms with E-state index in [0.29, 0.717) is 22.1 Å². The minimum atomic E-state index is -0.238. The van der Waals surface area contributed by atoms with Crippen molar-refractivity contribution in [2.45, 2.75) is 6.92 Å². The van der Waals surface area contributed by atoms with Gasteiger partial charge in [0.15, 0.2) is 5.82 Å². The Morgan fingerprint density at radius 2 is 2.21 bits per heavy atom. The second-order valence-electron chi connectivity index (χ2n) is 4.65. The first-order valence-corrected chi connectivity index (χ1v) is 8.88. The number of carbonyl (C=O) groups excluding carboxylic acids is 1. The summed E-state index contributed by atoms with van der Waals surface area (Å²) in [6.07, 6.45) is 3.76.